The molecule has 1 atom stereocenters. The molecule has 0 saturated carbocycles. The highest BCUT2D eigenvalue weighted by molar-refractivity contribution is 5.74. The molecule has 25 heavy (non-hydrogen) atoms. The van der Waals surface area contributed by atoms with Crippen LogP contribution < -0.4 is 15.4 Å². The van der Waals surface area contributed by atoms with Crippen molar-refractivity contribution in [3.8, 4) is 5.75 Å². The number of benzene rings is 1. The molecule has 0 saturated heterocycles. The molecule has 2 N–H and O–H groups in total. The fourth-order valence-corrected chi connectivity index (χ4v) is 3.11. The Morgan fingerprint density at radius 3 is 2.92 bits per heavy atom. The van der Waals surface area contributed by atoms with Crippen LogP contribution in [-0.2, 0) is 6.54 Å². The Balaban J connectivity index is 1.41. The number of aromatic nitrogens is 2. The number of hydrogen-bond donors (Lipinski definition) is 2. The maximum atomic E-state index is 12.1. The SMILES string of the molecule is Cc1ccc2c(c1C)OC[C@H]2NC(=O)NCCCCn1ccnc1C. The van der Waals surface area contributed by atoms with Crippen LogP contribution in [0.15, 0.2) is 24.5 Å². The van der Waals surface area contributed by atoms with E-state index in [9.17, 15) is 4.79 Å². The van der Waals surface area contributed by atoms with Gasteiger partial charge in [-0.1, -0.05) is 12.1 Å². The van der Waals surface area contributed by atoms with Crippen molar-refractivity contribution in [2.45, 2.75) is 46.2 Å². The summed E-state index contributed by atoms with van der Waals surface area (Å²) in [6.07, 6.45) is 5.73. The molecule has 6 nitrogen and oxygen atoms in total. The molecular formula is C19H26N4O2. The number of amides is 2. The van der Waals surface area contributed by atoms with Crippen molar-refractivity contribution in [3.63, 3.8) is 0 Å². The fraction of sp³-hybridized carbons (Fsp3) is 0.474. The first-order valence-corrected chi connectivity index (χ1v) is 8.81. The average molecular weight is 342 g/mol. The van der Waals surface area contributed by atoms with Gasteiger partial charge >= 0.3 is 6.03 Å². The van der Waals surface area contributed by atoms with Crippen LogP contribution in [0, 0.1) is 20.8 Å². The number of nitrogens with one attached hydrogen (secondary N) is 2. The second-order valence-electron chi connectivity index (χ2n) is 6.56. The van der Waals surface area contributed by atoms with Crippen molar-refractivity contribution in [1.29, 1.82) is 0 Å². The Bertz CT molecular complexity index is 754. The number of carbonyl (C=O) groups excluding carboxylic acids is 1. The first-order valence-electron chi connectivity index (χ1n) is 8.81. The molecule has 0 fully saturated rings. The number of carbonyl (C=O) groups is 1. The summed E-state index contributed by atoms with van der Waals surface area (Å²) in [6, 6.07) is 3.90. The standard InChI is InChI=1S/C19H26N4O2/c1-13-6-7-16-17(12-25-18(16)14(13)2)22-19(24)21-8-4-5-10-23-11-9-20-15(23)3/h6-7,9,11,17H,4-5,8,10,12H2,1-3H3,(H2,21,22,24)/t17-/m1/s1. The molecule has 0 aliphatic carbocycles. The van der Waals surface area contributed by atoms with Gasteiger partial charge in [0.25, 0.3) is 0 Å². The van der Waals surface area contributed by atoms with E-state index < -0.39 is 0 Å². The van der Waals surface area contributed by atoms with E-state index in [0.717, 1.165) is 42.1 Å². The number of aryl methyl sites for hydroxylation is 3. The van der Waals surface area contributed by atoms with Gasteiger partial charge in [-0.3, -0.25) is 0 Å². The van der Waals surface area contributed by atoms with Crippen molar-refractivity contribution < 1.29 is 9.53 Å². The molecule has 2 aromatic rings. The lowest BCUT2D eigenvalue weighted by molar-refractivity contribution is 0.232. The Morgan fingerprint density at radius 1 is 1.32 bits per heavy atom. The number of rotatable bonds is 6. The lowest BCUT2D eigenvalue weighted by Gasteiger charge is -2.13. The van der Waals surface area contributed by atoms with Gasteiger partial charge in [-0.25, -0.2) is 9.78 Å². The van der Waals surface area contributed by atoms with Crippen LogP contribution in [0.1, 0.15) is 41.4 Å². The zero-order chi connectivity index (χ0) is 17.8. The average Bonchev–Trinajstić information content (AvgIpc) is 3.18. The number of unbranched alkanes of at least 4 members (excludes halogenated alkanes) is 1. The predicted octanol–water partition coefficient (Wildman–Crippen LogP) is 3.02. The van der Waals surface area contributed by atoms with Gasteiger partial charge in [-0.2, -0.15) is 0 Å². The Kier molecular flexibility index (Phi) is 5.26. The van der Waals surface area contributed by atoms with Gasteiger partial charge in [0.2, 0.25) is 0 Å². The summed E-state index contributed by atoms with van der Waals surface area (Å²) < 4.78 is 7.89. The third-order valence-corrected chi connectivity index (χ3v) is 4.82. The number of fused-ring (bicyclic) bond motifs is 1. The van der Waals surface area contributed by atoms with Crippen molar-refractivity contribution in [1.82, 2.24) is 20.2 Å². The van der Waals surface area contributed by atoms with E-state index in [1.54, 1.807) is 0 Å². The molecule has 0 unspecified atom stereocenters. The molecule has 6 heteroatoms. The zero-order valence-corrected chi connectivity index (χ0v) is 15.1. The first-order chi connectivity index (χ1) is 12.1. The van der Waals surface area contributed by atoms with Crippen LogP contribution in [0.5, 0.6) is 5.75 Å². The van der Waals surface area contributed by atoms with Gasteiger partial charge in [-0.05, 0) is 44.7 Å². The normalized spacial score (nSPS) is 15.6. The van der Waals surface area contributed by atoms with Crippen LogP contribution in [0.3, 0.4) is 0 Å². The Morgan fingerprint density at radius 2 is 2.16 bits per heavy atom. The minimum absolute atomic E-state index is 0.0806. The van der Waals surface area contributed by atoms with Crippen molar-refractivity contribution in [2.24, 2.45) is 0 Å². The highest BCUT2D eigenvalue weighted by Gasteiger charge is 2.27. The van der Waals surface area contributed by atoms with Crippen molar-refractivity contribution >= 4 is 6.03 Å². The quantitative estimate of drug-likeness (QED) is 0.793. The summed E-state index contributed by atoms with van der Waals surface area (Å²) in [5.41, 5.74) is 3.42. The highest BCUT2D eigenvalue weighted by Crippen LogP contribution is 2.36. The minimum atomic E-state index is -0.140. The molecule has 2 amide bonds. The second kappa shape index (κ2) is 7.59. The number of imidazole rings is 1. The molecular weight excluding hydrogens is 316 g/mol. The predicted molar refractivity (Wildman–Crippen MR) is 96.9 cm³/mol. The topological polar surface area (TPSA) is 68.2 Å². The number of hydrogen-bond acceptors (Lipinski definition) is 3. The Labute approximate surface area is 148 Å². The molecule has 1 aromatic heterocycles. The molecule has 134 valence electrons. The summed E-state index contributed by atoms with van der Waals surface area (Å²) in [6.45, 7) is 8.20. The smallest absolute Gasteiger partial charge is 0.315 e. The lowest BCUT2D eigenvalue weighted by atomic mass is 10.0. The molecule has 3 rings (SSSR count). The maximum absolute atomic E-state index is 12.1. The molecule has 1 aromatic carbocycles. The van der Waals surface area contributed by atoms with Gasteiger partial charge in [-0.15, -0.1) is 0 Å². The maximum Gasteiger partial charge on any atom is 0.315 e. The second-order valence-corrected chi connectivity index (χ2v) is 6.56. The van der Waals surface area contributed by atoms with E-state index in [4.69, 9.17) is 4.74 Å². The summed E-state index contributed by atoms with van der Waals surface area (Å²) in [4.78, 5) is 16.3. The minimum Gasteiger partial charge on any atom is -0.490 e. The summed E-state index contributed by atoms with van der Waals surface area (Å²) in [5.74, 6) is 1.94. The summed E-state index contributed by atoms with van der Waals surface area (Å²) in [7, 11) is 0. The molecule has 2 heterocycles. The number of urea groups is 1. The zero-order valence-electron chi connectivity index (χ0n) is 15.1. The van der Waals surface area contributed by atoms with Gasteiger partial charge in [0.05, 0.1) is 6.04 Å². The number of ether oxygens (including phenoxy) is 1. The largest absolute Gasteiger partial charge is 0.490 e. The van der Waals surface area contributed by atoms with Crippen LogP contribution in [-0.4, -0.2) is 28.7 Å². The van der Waals surface area contributed by atoms with E-state index in [0.29, 0.717) is 13.2 Å². The molecule has 1 aliphatic rings. The summed E-state index contributed by atoms with van der Waals surface area (Å²) in [5, 5.41) is 5.94. The fourth-order valence-electron chi connectivity index (χ4n) is 3.11. The third kappa shape index (κ3) is 3.95. The van der Waals surface area contributed by atoms with Gasteiger partial charge in [0, 0.05) is 31.0 Å². The van der Waals surface area contributed by atoms with Gasteiger partial charge in [0.15, 0.2) is 0 Å². The lowest BCUT2D eigenvalue weighted by Crippen LogP contribution is -2.39. The van der Waals surface area contributed by atoms with Crippen molar-refractivity contribution in [3.05, 3.63) is 47.0 Å². The van der Waals surface area contributed by atoms with Crippen LogP contribution in [0.2, 0.25) is 0 Å². The van der Waals surface area contributed by atoms with E-state index in [1.165, 1.54) is 5.56 Å². The number of nitrogens with zero attached hydrogens (tertiary/aromatic N) is 2. The Hall–Kier alpha value is -2.50. The molecule has 0 bridgehead atoms. The molecule has 1 aliphatic heterocycles. The van der Waals surface area contributed by atoms with Crippen molar-refractivity contribution in [2.75, 3.05) is 13.2 Å². The third-order valence-electron chi connectivity index (χ3n) is 4.82. The van der Waals surface area contributed by atoms with E-state index in [1.807, 2.05) is 25.4 Å². The van der Waals surface area contributed by atoms with Crippen LogP contribution in [0.25, 0.3) is 0 Å². The molecule has 0 radical (unpaired) electrons. The van der Waals surface area contributed by atoms with Gasteiger partial charge < -0.3 is 19.9 Å². The molecule has 0 spiro atoms. The first kappa shape index (κ1) is 17.3. The monoisotopic (exact) mass is 342 g/mol. The highest BCUT2D eigenvalue weighted by atomic mass is 16.5. The van der Waals surface area contributed by atoms with E-state index in [2.05, 4.69) is 40.1 Å². The van der Waals surface area contributed by atoms with Gasteiger partial charge in [0.1, 0.15) is 18.2 Å². The van der Waals surface area contributed by atoms with E-state index in [-0.39, 0.29) is 12.1 Å². The van der Waals surface area contributed by atoms with Crippen LogP contribution in [0.4, 0.5) is 4.79 Å². The van der Waals surface area contributed by atoms with Crippen LogP contribution >= 0.6 is 0 Å². The van der Waals surface area contributed by atoms with E-state index >= 15 is 0 Å². The summed E-state index contributed by atoms with van der Waals surface area (Å²) >= 11 is 0.